The predicted octanol–water partition coefficient (Wildman–Crippen LogP) is 2.00. The number of rotatable bonds is 3. The zero-order valence-corrected chi connectivity index (χ0v) is 12.7. The van der Waals surface area contributed by atoms with Crippen LogP contribution in [0.4, 0.5) is 0 Å². The Hall–Kier alpha value is -0.920. The number of carboxylic acids is 1. The lowest BCUT2D eigenvalue weighted by Gasteiger charge is -2.22. The molecule has 0 spiro atoms. The molecule has 0 saturated carbocycles. The molecular weight excluding hydrogens is 334 g/mol. The van der Waals surface area contributed by atoms with Crippen LogP contribution in [0.5, 0.6) is 0 Å². The lowest BCUT2D eigenvalue weighted by atomic mass is 10.2. The van der Waals surface area contributed by atoms with Crippen LogP contribution in [0.25, 0.3) is 0 Å². The van der Waals surface area contributed by atoms with Crippen LogP contribution in [0, 0.1) is 6.92 Å². The highest BCUT2D eigenvalue weighted by Crippen LogP contribution is 2.29. The largest absolute Gasteiger partial charge is 0.480 e. The summed E-state index contributed by atoms with van der Waals surface area (Å²) in [6.07, 6.45) is 0.935. The fourth-order valence-corrected chi connectivity index (χ4v) is 4.67. The smallest absolute Gasteiger partial charge is 0.322 e. The minimum Gasteiger partial charge on any atom is -0.480 e. The number of aryl methyl sites for hydroxylation is 1. The van der Waals surface area contributed by atoms with Crippen molar-refractivity contribution in [2.45, 2.75) is 30.7 Å². The van der Waals surface area contributed by atoms with Crippen molar-refractivity contribution >= 4 is 31.9 Å². The minimum atomic E-state index is -3.76. The van der Waals surface area contributed by atoms with E-state index in [9.17, 15) is 13.2 Å². The monoisotopic (exact) mass is 347 g/mol. The summed E-state index contributed by atoms with van der Waals surface area (Å²) in [5, 5.41) is 9.10. The Kier molecular flexibility index (Phi) is 3.98. The van der Waals surface area contributed by atoms with Crippen LogP contribution < -0.4 is 0 Å². The van der Waals surface area contributed by atoms with E-state index in [0.29, 0.717) is 22.9 Å². The SMILES string of the molecule is Cc1ccc(Br)cc1S(=O)(=O)N1CCC[C@H]1C(=O)O. The summed E-state index contributed by atoms with van der Waals surface area (Å²) < 4.78 is 26.9. The first-order chi connectivity index (χ1) is 8.84. The van der Waals surface area contributed by atoms with Crippen molar-refractivity contribution < 1.29 is 18.3 Å². The molecule has 7 heteroatoms. The van der Waals surface area contributed by atoms with E-state index in [0.717, 1.165) is 4.31 Å². The number of hydrogen-bond acceptors (Lipinski definition) is 3. The Morgan fingerprint density at radius 1 is 1.47 bits per heavy atom. The molecule has 1 fully saturated rings. The molecule has 1 aliphatic rings. The molecule has 0 aliphatic carbocycles. The van der Waals surface area contributed by atoms with Gasteiger partial charge in [0.05, 0.1) is 4.90 Å². The molecule has 1 N–H and O–H groups in total. The van der Waals surface area contributed by atoms with Crippen LogP contribution in [-0.2, 0) is 14.8 Å². The molecule has 0 radical (unpaired) electrons. The Morgan fingerprint density at radius 2 is 2.16 bits per heavy atom. The number of hydrogen-bond donors (Lipinski definition) is 1. The van der Waals surface area contributed by atoms with Crippen molar-refractivity contribution in [1.82, 2.24) is 4.31 Å². The van der Waals surface area contributed by atoms with Crippen molar-refractivity contribution in [3.63, 3.8) is 0 Å². The van der Waals surface area contributed by atoms with Crippen molar-refractivity contribution in [1.29, 1.82) is 0 Å². The first-order valence-corrected chi connectivity index (χ1v) is 8.08. The number of sulfonamides is 1. The van der Waals surface area contributed by atoms with Gasteiger partial charge in [-0.2, -0.15) is 4.31 Å². The number of carboxylic acid groups (broad SMARTS) is 1. The van der Waals surface area contributed by atoms with Gasteiger partial charge in [0.15, 0.2) is 0 Å². The number of carbonyl (C=O) groups is 1. The maximum atomic E-state index is 12.6. The summed E-state index contributed by atoms with van der Waals surface area (Å²) in [6, 6.07) is 4.01. The summed E-state index contributed by atoms with van der Waals surface area (Å²) >= 11 is 3.24. The second-order valence-electron chi connectivity index (χ2n) is 4.52. The molecule has 1 atom stereocenters. The Balaban J connectivity index is 2.48. The number of halogens is 1. The molecule has 0 aromatic heterocycles. The first-order valence-electron chi connectivity index (χ1n) is 5.85. The molecule has 1 aromatic rings. The second kappa shape index (κ2) is 5.22. The Bertz CT molecular complexity index is 614. The van der Waals surface area contributed by atoms with Gasteiger partial charge in [-0.05, 0) is 37.5 Å². The van der Waals surface area contributed by atoms with Gasteiger partial charge in [-0.25, -0.2) is 8.42 Å². The molecule has 1 saturated heterocycles. The topological polar surface area (TPSA) is 74.7 Å². The average molecular weight is 348 g/mol. The lowest BCUT2D eigenvalue weighted by molar-refractivity contribution is -0.140. The average Bonchev–Trinajstić information content (AvgIpc) is 2.82. The number of aliphatic carboxylic acids is 1. The summed E-state index contributed by atoms with van der Waals surface area (Å²) in [5.41, 5.74) is 0.610. The first kappa shape index (κ1) is 14.5. The van der Waals surface area contributed by atoms with Crippen molar-refractivity contribution in [3.05, 3.63) is 28.2 Å². The van der Waals surface area contributed by atoms with Crippen LogP contribution in [-0.4, -0.2) is 36.4 Å². The lowest BCUT2D eigenvalue weighted by Crippen LogP contribution is -2.40. The second-order valence-corrected chi connectivity index (χ2v) is 7.30. The quantitative estimate of drug-likeness (QED) is 0.907. The fourth-order valence-electron chi connectivity index (χ4n) is 2.25. The van der Waals surface area contributed by atoms with E-state index in [4.69, 9.17) is 5.11 Å². The molecule has 0 bridgehead atoms. The Labute approximate surface area is 120 Å². The molecule has 1 heterocycles. The minimum absolute atomic E-state index is 0.162. The van der Waals surface area contributed by atoms with E-state index in [1.165, 1.54) is 6.07 Å². The van der Waals surface area contributed by atoms with Gasteiger partial charge in [-0.3, -0.25) is 4.79 Å². The van der Waals surface area contributed by atoms with Crippen molar-refractivity contribution in [2.75, 3.05) is 6.54 Å². The normalized spacial score (nSPS) is 20.6. The van der Waals surface area contributed by atoms with Gasteiger partial charge in [-0.15, -0.1) is 0 Å². The molecule has 2 rings (SSSR count). The molecule has 5 nitrogen and oxygen atoms in total. The summed E-state index contributed by atoms with van der Waals surface area (Å²) in [5.74, 6) is -1.09. The van der Waals surface area contributed by atoms with E-state index in [1.807, 2.05) is 0 Å². The van der Waals surface area contributed by atoms with Crippen LogP contribution in [0.3, 0.4) is 0 Å². The summed E-state index contributed by atoms with van der Waals surface area (Å²) in [6.45, 7) is 1.95. The summed E-state index contributed by atoms with van der Waals surface area (Å²) in [7, 11) is -3.76. The van der Waals surface area contributed by atoms with E-state index < -0.39 is 22.0 Å². The van der Waals surface area contributed by atoms with Crippen LogP contribution in [0.1, 0.15) is 18.4 Å². The van der Waals surface area contributed by atoms with Gasteiger partial charge in [0.25, 0.3) is 0 Å². The number of nitrogens with zero attached hydrogens (tertiary/aromatic N) is 1. The zero-order chi connectivity index (χ0) is 14.2. The highest BCUT2D eigenvalue weighted by Gasteiger charge is 2.39. The molecule has 19 heavy (non-hydrogen) atoms. The van der Waals surface area contributed by atoms with Crippen molar-refractivity contribution in [3.8, 4) is 0 Å². The van der Waals surface area contributed by atoms with Crippen LogP contribution in [0.15, 0.2) is 27.6 Å². The third-order valence-electron chi connectivity index (χ3n) is 3.23. The molecule has 104 valence electrons. The maximum absolute atomic E-state index is 12.6. The van der Waals surface area contributed by atoms with Crippen molar-refractivity contribution in [2.24, 2.45) is 0 Å². The molecule has 1 aromatic carbocycles. The molecular formula is C12H14BrNO4S. The standard InChI is InChI=1S/C12H14BrNO4S/c1-8-4-5-9(13)7-11(8)19(17,18)14-6-2-3-10(14)12(15)16/h4-5,7,10H,2-3,6H2,1H3,(H,15,16)/t10-/m0/s1. The van der Waals surface area contributed by atoms with Gasteiger partial charge >= 0.3 is 5.97 Å². The van der Waals surface area contributed by atoms with E-state index in [-0.39, 0.29) is 11.4 Å². The van der Waals surface area contributed by atoms with Gasteiger partial charge < -0.3 is 5.11 Å². The predicted molar refractivity (Wildman–Crippen MR) is 73.4 cm³/mol. The molecule has 1 aliphatic heterocycles. The summed E-state index contributed by atoms with van der Waals surface area (Å²) in [4.78, 5) is 11.3. The third-order valence-corrected chi connectivity index (χ3v) is 5.77. The van der Waals surface area contributed by atoms with Gasteiger partial charge in [0.1, 0.15) is 6.04 Å². The van der Waals surface area contributed by atoms with E-state index in [1.54, 1.807) is 19.1 Å². The third kappa shape index (κ3) is 2.68. The van der Waals surface area contributed by atoms with Gasteiger partial charge in [-0.1, -0.05) is 22.0 Å². The van der Waals surface area contributed by atoms with Gasteiger partial charge in [0, 0.05) is 11.0 Å². The highest BCUT2D eigenvalue weighted by atomic mass is 79.9. The van der Waals surface area contributed by atoms with Gasteiger partial charge in [0.2, 0.25) is 10.0 Å². The molecule has 0 unspecified atom stereocenters. The number of benzene rings is 1. The fraction of sp³-hybridized carbons (Fsp3) is 0.417. The van der Waals surface area contributed by atoms with E-state index in [2.05, 4.69) is 15.9 Å². The highest BCUT2D eigenvalue weighted by molar-refractivity contribution is 9.10. The maximum Gasteiger partial charge on any atom is 0.322 e. The Morgan fingerprint density at radius 3 is 2.79 bits per heavy atom. The molecule has 0 amide bonds. The van der Waals surface area contributed by atoms with E-state index >= 15 is 0 Å². The van der Waals surface area contributed by atoms with Crippen LogP contribution >= 0.6 is 15.9 Å². The van der Waals surface area contributed by atoms with Crippen LogP contribution in [0.2, 0.25) is 0 Å². The zero-order valence-electron chi connectivity index (χ0n) is 10.3.